The fourth-order valence-corrected chi connectivity index (χ4v) is 4.07. The lowest BCUT2D eigenvalue weighted by atomic mass is 9.80. The number of carbonyl (C=O) groups excluding carboxylic acids is 1. The van der Waals surface area contributed by atoms with Crippen molar-refractivity contribution in [2.24, 2.45) is 0 Å². The summed E-state index contributed by atoms with van der Waals surface area (Å²) in [6.45, 7) is 2.04. The second-order valence-electron chi connectivity index (χ2n) is 6.73. The van der Waals surface area contributed by atoms with Crippen molar-refractivity contribution in [3.63, 3.8) is 0 Å². The van der Waals surface area contributed by atoms with E-state index in [1.54, 1.807) is 12.4 Å². The smallest absolute Gasteiger partial charge is 0.318 e. The number of nitrogens with zero attached hydrogens (tertiary/aromatic N) is 2. The summed E-state index contributed by atoms with van der Waals surface area (Å²) in [5, 5.41) is 3.66. The monoisotopic (exact) mass is 341 g/mol. The van der Waals surface area contributed by atoms with Crippen molar-refractivity contribution in [2.75, 3.05) is 5.32 Å². The Hall–Kier alpha value is -2.07. The lowest BCUT2D eigenvalue weighted by Crippen LogP contribution is -2.62. The topological polar surface area (TPSA) is 45.2 Å². The van der Waals surface area contributed by atoms with Crippen molar-refractivity contribution in [3.8, 4) is 11.1 Å². The molecule has 3 heterocycles. The standard InChI is InChI=1S/C19H20ClN3O/c1-12-5-6-15(8-18(12)13-7-14(20)11-21-10-13)22-19(24)23-16-3-2-4-17(23)9-16/h5-8,10-11,16-17H,2-4,9H2,1H3,(H,22,24). The van der Waals surface area contributed by atoms with Crippen molar-refractivity contribution in [1.82, 2.24) is 9.88 Å². The summed E-state index contributed by atoms with van der Waals surface area (Å²) in [7, 11) is 0. The molecule has 2 atom stereocenters. The number of fused-ring (bicyclic) bond motifs is 2. The second kappa shape index (κ2) is 6.10. The molecule has 4 nitrogen and oxygen atoms in total. The van der Waals surface area contributed by atoms with E-state index in [4.69, 9.17) is 11.6 Å². The number of pyridine rings is 1. The van der Waals surface area contributed by atoms with Crippen molar-refractivity contribution >= 4 is 23.3 Å². The Morgan fingerprint density at radius 2 is 2.04 bits per heavy atom. The van der Waals surface area contributed by atoms with E-state index in [1.165, 1.54) is 12.8 Å². The number of hydrogen-bond acceptors (Lipinski definition) is 2. The van der Waals surface area contributed by atoms with E-state index in [0.717, 1.165) is 35.2 Å². The van der Waals surface area contributed by atoms with Crippen LogP contribution in [0.1, 0.15) is 31.2 Å². The highest BCUT2D eigenvalue weighted by molar-refractivity contribution is 6.30. The fourth-order valence-electron chi connectivity index (χ4n) is 3.89. The SMILES string of the molecule is Cc1ccc(NC(=O)N2C3CCCC2C3)cc1-c1cncc(Cl)c1. The molecule has 2 fully saturated rings. The van der Waals surface area contributed by atoms with Gasteiger partial charge in [-0.25, -0.2) is 4.79 Å². The zero-order chi connectivity index (χ0) is 16.7. The Labute approximate surface area is 146 Å². The van der Waals surface area contributed by atoms with Crippen LogP contribution in [-0.4, -0.2) is 28.0 Å². The summed E-state index contributed by atoms with van der Waals surface area (Å²) >= 11 is 6.05. The van der Waals surface area contributed by atoms with Crippen molar-refractivity contribution in [2.45, 2.75) is 44.7 Å². The van der Waals surface area contributed by atoms with E-state index in [0.29, 0.717) is 17.1 Å². The van der Waals surface area contributed by atoms with Gasteiger partial charge >= 0.3 is 6.03 Å². The van der Waals surface area contributed by atoms with Gasteiger partial charge in [-0.2, -0.15) is 0 Å². The number of aryl methyl sites for hydroxylation is 1. The summed E-state index contributed by atoms with van der Waals surface area (Å²) in [5.41, 5.74) is 3.92. The number of piperidine rings is 1. The summed E-state index contributed by atoms with van der Waals surface area (Å²) in [4.78, 5) is 18.7. The number of carbonyl (C=O) groups is 1. The molecule has 0 radical (unpaired) electrons. The molecule has 1 N–H and O–H groups in total. The summed E-state index contributed by atoms with van der Waals surface area (Å²) < 4.78 is 0. The number of aromatic nitrogens is 1. The molecule has 0 aliphatic carbocycles. The van der Waals surface area contributed by atoms with Crippen LogP contribution < -0.4 is 5.32 Å². The van der Waals surface area contributed by atoms with Gasteiger partial charge in [0, 0.05) is 35.7 Å². The van der Waals surface area contributed by atoms with Gasteiger partial charge in [0.1, 0.15) is 0 Å². The van der Waals surface area contributed by atoms with Crippen LogP contribution >= 0.6 is 11.6 Å². The van der Waals surface area contributed by atoms with E-state index in [1.807, 2.05) is 36.1 Å². The van der Waals surface area contributed by atoms with Gasteiger partial charge in [-0.05, 0) is 61.9 Å². The van der Waals surface area contributed by atoms with Gasteiger partial charge in [0.15, 0.2) is 0 Å². The molecule has 4 rings (SSSR count). The Kier molecular flexibility index (Phi) is 3.93. The molecule has 2 aliphatic heterocycles. The van der Waals surface area contributed by atoms with Crippen molar-refractivity contribution in [1.29, 1.82) is 0 Å². The highest BCUT2D eigenvalue weighted by Gasteiger charge is 2.44. The first-order chi connectivity index (χ1) is 11.6. The van der Waals surface area contributed by atoms with E-state index in [2.05, 4.69) is 10.3 Å². The highest BCUT2D eigenvalue weighted by atomic mass is 35.5. The molecular formula is C19H20ClN3O. The Balaban J connectivity index is 1.56. The summed E-state index contributed by atoms with van der Waals surface area (Å²) in [6.07, 6.45) is 8.10. The Morgan fingerprint density at radius 3 is 2.75 bits per heavy atom. The highest BCUT2D eigenvalue weighted by Crippen LogP contribution is 2.38. The van der Waals surface area contributed by atoms with E-state index in [9.17, 15) is 4.79 Å². The summed E-state index contributed by atoms with van der Waals surface area (Å²) in [5.74, 6) is 0. The van der Waals surface area contributed by atoms with Gasteiger partial charge in [-0.1, -0.05) is 17.7 Å². The zero-order valence-electron chi connectivity index (χ0n) is 13.6. The maximum atomic E-state index is 12.6. The number of nitrogens with one attached hydrogen (secondary N) is 1. The fraction of sp³-hybridized carbons (Fsp3) is 0.368. The van der Waals surface area contributed by atoms with Crippen LogP contribution in [0.3, 0.4) is 0 Å². The first-order valence-electron chi connectivity index (χ1n) is 8.43. The minimum absolute atomic E-state index is 0.0231. The molecule has 2 aromatic rings. The number of anilines is 1. The number of hydrogen-bond donors (Lipinski definition) is 1. The zero-order valence-corrected chi connectivity index (χ0v) is 14.4. The molecule has 5 heteroatoms. The Morgan fingerprint density at radius 1 is 1.25 bits per heavy atom. The maximum Gasteiger partial charge on any atom is 0.322 e. The quantitative estimate of drug-likeness (QED) is 0.847. The largest absolute Gasteiger partial charge is 0.322 e. The van der Waals surface area contributed by atoms with Crippen LogP contribution in [-0.2, 0) is 0 Å². The molecule has 2 saturated heterocycles. The van der Waals surface area contributed by atoms with Crippen LogP contribution in [0.2, 0.25) is 5.02 Å². The second-order valence-corrected chi connectivity index (χ2v) is 7.17. The third-order valence-electron chi connectivity index (χ3n) is 5.14. The van der Waals surface area contributed by atoms with E-state index < -0.39 is 0 Å². The third-order valence-corrected chi connectivity index (χ3v) is 5.35. The normalized spacial score (nSPS) is 22.0. The van der Waals surface area contributed by atoms with Gasteiger partial charge in [0.25, 0.3) is 0 Å². The van der Waals surface area contributed by atoms with Crippen molar-refractivity contribution < 1.29 is 4.79 Å². The van der Waals surface area contributed by atoms with Gasteiger partial charge in [-0.3, -0.25) is 4.98 Å². The number of benzene rings is 1. The number of rotatable bonds is 2. The minimum atomic E-state index is 0.0231. The molecule has 1 aromatic heterocycles. The number of urea groups is 1. The average Bonchev–Trinajstić information content (AvgIpc) is 2.57. The third kappa shape index (κ3) is 2.75. The molecule has 2 aliphatic rings. The van der Waals surface area contributed by atoms with Crippen LogP contribution in [0.5, 0.6) is 0 Å². The van der Waals surface area contributed by atoms with Crippen LogP contribution in [0.4, 0.5) is 10.5 Å². The number of amides is 2. The predicted octanol–water partition coefficient (Wildman–Crippen LogP) is 4.87. The van der Waals surface area contributed by atoms with E-state index in [-0.39, 0.29) is 6.03 Å². The average molecular weight is 342 g/mol. The molecule has 2 unspecified atom stereocenters. The molecule has 1 aromatic carbocycles. The maximum absolute atomic E-state index is 12.6. The first-order valence-corrected chi connectivity index (χ1v) is 8.80. The van der Waals surface area contributed by atoms with Gasteiger partial charge in [0.2, 0.25) is 0 Å². The first kappa shape index (κ1) is 15.5. The predicted molar refractivity (Wildman–Crippen MR) is 96.3 cm³/mol. The van der Waals surface area contributed by atoms with Crippen LogP contribution in [0.15, 0.2) is 36.7 Å². The summed E-state index contributed by atoms with van der Waals surface area (Å²) in [6, 6.07) is 8.75. The Bertz CT molecular complexity index is 778. The lowest BCUT2D eigenvalue weighted by Gasteiger charge is -2.52. The van der Waals surface area contributed by atoms with Crippen molar-refractivity contribution in [3.05, 3.63) is 47.2 Å². The van der Waals surface area contributed by atoms with Crippen LogP contribution in [0.25, 0.3) is 11.1 Å². The van der Waals surface area contributed by atoms with Gasteiger partial charge in [-0.15, -0.1) is 0 Å². The van der Waals surface area contributed by atoms with Crippen LogP contribution in [0, 0.1) is 6.92 Å². The van der Waals surface area contributed by atoms with Gasteiger partial charge in [0.05, 0.1) is 5.02 Å². The molecule has 2 amide bonds. The molecule has 0 saturated carbocycles. The molecular weight excluding hydrogens is 322 g/mol. The van der Waals surface area contributed by atoms with E-state index >= 15 is 0 Å². The molecule has 2 bridgehead atoms. The lowest BCUT2D eigenvalue weighted by molar-refractivity contribution is 0.0173. The number of halogens is 1. The minimum Gasteiger partial charge on any atom is -0.318 e. The molecule has 24 heavy (non-hydrogen) atoms. The molecule has 124 valence electrons. The van der Waals surface area contributed by atoms with Gasteiger partial charge < -0.3 is 10.2 Å². The molecule has 0 spiro atoms.